The Kier molecular flexibility index (Phi) is 6.73. The van der Waals surface area contributed by atoms with Crippen LogP contribution in [0.15, 0.2) is 30.4 Å². The predicted octanol–water partition coefficient (Wildman–Crippen LogP) is 3.63. The first-order valence-corrected chi connectivity index (χ1v) is 7.97. The summed E-state index contributed by atoms with van der Waals surface area (Å²) in [5.41, 5.74) is 0.766. The Balaban J connectivity index is 1.99. The average Bonchev–Trinajstić information content (AvgIpc) is 2.64. The third kappa shape index (κ3) is 4.78. The molecule has 1 unspecified atom stereocenters. The van der Waals surface area contributed by atoms with E-state index in [4.69, 9.17) is 18.9 Å². The highest BCUT2D eigenvalue weighted by molar-refractivity contribution is 5.87. The number of benzene rings is 1. The number of carbonyl (C=O) groups excluding carboxylic acids is 1. The van der Waals surface area contributed by atoms with Crippen molar-refractivity contribution in [1.29, 1.82) is 0 Å². The molecule has 0 bridgehead atoms. The SMILES string of the molecule is COc1cc(C=CC(=O)OCC2CC=CCC2)cc(OC)c1OC. The van der Waals surface area contributed by atoms with Crippen LogP contribution in [0.5, 0.6) is 17.2 Å². The Labute approximate surface area is 142 Å². The number of methoxy groups -OCH3 is 3. The second-order valence-corrected chi connectivity index (χ2v) is 5.57. The van der Waals surface area contributed by atoms with Crippen LogP contribution in [0.3, 0.4) is 0 Å². The molecule has 1 aromatic carbocycles. The molecule has 0 saturated carbocycles. The van der Waals surface area contributed by atoms with Gasteiger partial charge in [0.2, 0.25) is 5.75 Å². The molecule has 24 heavy (non-hydrogen) atoms. The van der Waals surface area contributed by atoms with Crippen molar-refractivity contribution in [2.45, 2.75) is 19.3 Å². The number of carbonyl (C=O) groups is 1. The Hall–Kier alpha value is -2.43. The maximum Gasteiger partial charge on any atom is 0.330 e. The molecule has 5 nitrogen and oxygen atoms in total. The molecular formula is C19H24O5. The summed E-state index contributed by atoms with van der Waals surface area (Å²) < 4.78 is 21.2. The molecule has 0 amide bonds. The minimum absolute atomic E-state index is 0.349. The van der Waals surface area contributed by atoms with Crippen LogP contribution in [-0.2, 0) is 9.53 Å². The smallest absolute Gasteiger partial charge is 0.330 e. The number of ether oxygens (including phenoxy) is 4. The molecule has 1 aliphatic rings. The van der Waals surface area contributed by atoms with Crippen molar-refractivity contribution < 1.29 is 23.7 Å². The lowest BCUT2D eigenvalue weighted by atomic mass is 9.95. The van der Waals surface area contributed by atoms with E-state index in [1.54, 1.807) is 39.5 Å². The van der Waals surface area contributed by atoms with Gasteiger partial charge in [-0.1, -0.05) is 12.2 Å². The van der Waals surface area contributed by atoms with Gasteiger partial charge in [0.15, 0.2) is 11.5 Å². The summed E-state index contributed by atoms with van der Waals surface area (Å²) in [6, 6.07) is 3.55. The molecule has 5 heteroatoms. The standard InChI is InChI=1S/C19H24O5/c1-21-16-11-15(12-17(22-2)19(16)23-3)9-10-18(20)24-13-14-7-5-4-6-8-14/h4-5,9-12,14H,6-8,13H2,1-3H3. The molecule has 0 fully saturated rings. The summed E-state index contributed by atoms with van der Waals surface area (Å²) in [5, 5.41) is 0. The third-order valence-corrected chi connectivity index (χ3v) is 3.94. The highest BCUT2D eigenvalue weighted by atomic mass is 16.5. The van der Waals surface area contributed by atoms with E-state index >= 15 is 0 Å². The van der Waals surface area contributed by atoms with Gasteiger partial charge in [-0.3, -0.25) is 0 Å². The van der Waals surface area contributed by atoms with E-state index in [0.29, 0.717) is 29.8 Å². The molecule has 0 aliphatic heterocycles. The van der Waals surface area contributed by atoms with Crippen molar-refractivity contribution in [3.63, 3.8) is 0 Å². The monoisotopic (exact) mass is 332 g/mol. The first-order valence-electron chi connectivity index (χ1n) is 7.97. The zero-order valence-electron chi connectivity index (χ0n) is 14.4. The Morgan fingerprint density at radius 3 is 2.38 bits per heavy atom. The topological polar surface area (TPSA) is 54.0 Å². The summed E-state index contributed by atoms with van der Waals surface area (Å²) >= 11 is 0. The van der Waals surface area contributed by atoms with Gasteiger partial charge in [-0.15, -0.1) is 0 Å². The van der Waals surface area contributed by atoms with Gasteiger partial charge >= 0.3 is 5.97 Å². The molecule has 0 N–H and O–H groups in total. The molecular weight excluding hydrogens is 308 g/mol. The molecule has 2 rings (SSSR count). The van der Waals surface area contributed by atoms with Gasteiger partial charge in [-0.05, 0) is 49.0 Å². The summed E-state index contributed by atoms with van der Waals surface area (Å²) in [6.07, 6.45) is 10.5. The lowest BCUT2D eigenvalue weighted by Gasteiger charge is -2.16. The molecule has 0 radical (unpaired) electrons. The first-order chi connectivity index (χ1) is 11.7. The largest absolute Gasteiger partial charge is 0.493 e. The van der Waals surface area contributed by atoms with Gasteiger partial charge in [0.25, 0.3) is 0 Å². The lowest BCUT2D eigenvalue weighted by molar-refractivity contribution is -0.139. The minimum atomic E-state index is -0.349. The van der Waals surface area contributed by atoms with Gasteiger partial charge in [0, 0.05) is 6.08 Å². The quantitative estimate of drug-likeness (QED) is 0.434. The van der Waals surface area contributed by atoms with Crippen LogP contribution >= 0.6 is 0 Å². The van der Waals surface area contributed by atoms with E-state index in [2.05, 4.69) is 12.2 Å². The van der Waals surface area contributed by atoms with Gasteiger partial charge in [-0.25, -0.2) is 4.79 Å². The third-order valence-electron chi connectivity index (χ3n) is 3.94. The highest BCUT2D eigenvalue weighted by Gasteiger charge is 2.13. The van der Waals surface area contributed by atoms with Gasteiger partial charge in [0.1, 0.15) is 0 Å². The lowest BCUT2D eigenvalue weighted by Crippen LogP contribution is -2.13. The maximum absolute atomic E-state index is 11.9. The number of esters is 1. The Morgan fingerprint density at radius 1 is 1.12 bits per heavy atom. The van der Waals surface area contributed by atoms with E-state index in [0.717, 1.165) is 24.8 Å². The summed E-state index contributed by atoms with van der Waals surface area (Å²) in [6.45, 7) is 0.461. The molecule has 0 heterocycles. The molecule has 0 saturated heterocycles. The van der Waals surface area contributed by atoms with Gasteiger partial charge < -0.3 is 18.9 Å². The predicted molar refractivity (Wildman–Crippen MR) is 92.6 cm³/mol. The van der Waals surface area contributed by atoms with Gasteiger partial charge in [-0.2, -0.15) is 0 Å². The van der Waals surface area contributed by atoms with Crippen LogP contribution in [0.1, 0.15) is 24.8 Å². The molecule has 130 valence electrons. The first kappa shape index (κ1) is 17.9. The molecule has 1 atom stereocenters. The summed E-state index contributed by atoms with van der Waals surface area (Å²) in [5.74, 6) is 1.68. The van der Waals surface area contributed by atoms with E-state index < -0.39 is 0 Å². The summed E-state index contributed by atoms with van der Waals surface area (Å²) in [4.78, 5) is 11.9. The Morgan fingerprint density at radius 2 is 1.83 bits per heavy atom. The number of allylic oxidation sites excluding steroid dienone is 2. The van der Waals surface area contributed by atoms with Crippen molar-refractivity contribution in [3.05, 3.63) is 35.9 Å². The fourth-order valence-electron chi connectivity index (χ4n) is 2.62. The maximum atomic E-state index is 11.9. The molecule has 1 aliphatic carbocycles. The van der Waals surface area contributed by atoms with Crippen molar-refractivity contribution in [2.75, 3.05) is 27.9 Å². The van der Waals surface area contributed by atoms with Crippen LogP contribution < -0.4 is 14.2 Å². The van der Waals surface area contributed by atoms with Crippen LogP contribution in [0.4, 0.5) is 0 Å². The van der Waals surface area contributed by atoms with Crippen molar-refractivity contribution in [2.24, 2.45) is 5.92 Å². The van der Waals surface area contributed by atoms with Crippen molar-refractivity contribution in [1.82, 2.24) is 0 Å². The van der Waals surface area contributed by atoms with Crippen LogP contribution in [-0.4, -0.2) is 33.9 Å². The van der Waals surface area contributed by atoms with Crippen LogP contribution in [0.2, 0.25) is 0 Å². The molecule has 0 aromatic heterocycles. The van der Waals surface area contributed by atoms with Crippen LogP contribution in [0, 0.1) is 5.92 Å². The van der Waals surface area contributed by atoms with Crippen LogP contribution in [0.25, 0.3) is 6.08 Å². The van der Waals surface area contributed by atoms with E-state index in [-0.39, 0.29) is 5.97 Å². The average molecular weight is 332 g/mol. The zero-order chi connectivity index (χ0) is 17.4. The zero-order valence-corrected chi connectivity index (χ0v) is 14.4. The second-order valence-electron chi connectivity index (χ2n) is 5.57. The normalized spacial score (nSPS) is 16.9. The number of hydrogen-bond acceptors (Lipinski definition) is 5. The molecule has 1 aromatic rings. The fourth-order valence-corrected chi connectivity index (χ4v) is 2.62. The fraction of sp³-hybridized carbons (Fsp3) is 0.421. The number of hydrogen-bond donors (Lipinski definition) is 0. The van der Waals surface area contributed by atoms with E-state index in [1.807, 2.05) is 0 Å². The molecule has 0 spiro atoms. The Bertz CT molecular complexity index is 593. The van der Waals surface area contributed by atoms with E-state index in [1.165, 1.54) is 6.08 Å². The van der Waals surface area contributed by atoms with Crippen molar-refractivity contribution in [3.8, 4) is 17.2 Å². The van der Waals surface area contributed by atoms with Crippen molar-refractivity contribution >= 4 is 12.0 Å². The summed E-state index contributed by atoms with van der Waals surface area (Å²) in [7, 11) is 4.66. The second kappa shape index (κ2) is 9.01. The highest BCUT2D eigenvalue weighted by Crippen LogP contribution is 2.38. The van der Waals surface area contributed by atoms with Gasteiger partial charge in [0.05, 0.1) is 27.9 Å². The number of rotatable bonds is 7. The minimum Gasteiger partial charge on any atom is -0.493 e. The van der Waals surface area contributed by atoms with E-state index in [9.17, 15) is 4.79 Å².